The van der Waals surface area contributed by atoms with E-state index in [-0.39, 0.29) is 0 Å². The zero-order chi connectivity index (χ0) is 14.4. The maximum atomic E-state index is 6.24. The second-order valence-electron chi connectivity index (χ2n) is 5.28. The minimum Gasteiger partial charge on any atom is -0.340 e. The summed E-state index contributed by atoms with van der Waals surface area (Å²) in [5.41, 5.74) is 4.74. The highest BCUT2D eigenvalue weighted by Gasteiger charge is 2.28. The van der Waals surface area contributed by atoms with Crippen LogP contribution in [0.5, 0.6) is 0 Å². The third-order valence-electron chi connectivity index (χ3n) is 3.64. The SMILES string of the molecule is Cc1c(Cl)nc(C2CC2)nc1Nc1ccc2ncsc2c1. The fraction of sp³-hybridized carbons (Fsp3) is 0.267. The van der Waals surface area contributed by atoms with Crippen molar-refractivity contribution in [2.75, 3.05) is 5.32 Å². The molecule has 1 aromatic carbocycles. The quantitative estimate of drug-likeness (QED) is 0.713. The minimum absolute atomic E-state index is 0.479. The molecule has 21 heavy (non-hydrogen) atoms. The molecule has 0 unspecified atom stereocenters. The average molecular weight is 317 g/mol. The Labute approximate surface area is 131 Å². The summed E-state index contributed by atoms with van der Waals surface area (Å²) < 4.78 is 1.15. The Morgan fingerprint density at radius 3 is 2.95 bits per heavy atom. The van der Waals surface area contributed by atoms with Crippen LogP contribution in [-0.4, -0.2) is 15.0 Å². The molecule has 0 saturated heterocycles. The largest absolute Gasteiger partial charge is 0.340 e. The molecule has 4 rings (SSSR count). The first kappa shape index (κ1) is 13.0. The van der Waals surface area contributed by atoms with E-state index in [4.69, 9.17) is 11.6 Å². The first-order valence-electron chi connectivity index (χ1n) is 6.85. The van der Waals surface area contributed by atoms with Crippen LogP contribution in [0.15, 0.2) is 23.7 Å². The van der Waals surface area contributed by atoms with Gasteiger partial charge in [-0.15, -0.1) is 11.3 Å². The van der Waals surface area contributed by atoms with Gasteiger partial charge in [-0.05, 0) is 38.0 Å². The zero-order valence-electron chi connectivity index (χ0n) is 11.4. The van der Waals surface area contributed by atoms with Crippen LogP contribution in [-0.2, 0) is 0 Å². The Morgan fingerprint density at radius 1 is 1.29 bits per heavy atom. The Kier molecular flexibility index (Phi) is 3.05. The molecule has 2 aromatic heterocycles. The summed E-state index contributed by atoms with van der Waals surface area (Å²) in [6, 6.07) is 6.10. The molecule has 0 bridgehead atoms. The van der Waals surface area contributed by atoms with Gasteiger partial charge in [0.1, 0.15) is 16.8 Å². The summed E-state index contributed by atoms with van der Waals surface area (Å²) >= 11 is 7.86. The maximum Gasteiger partial charge on any atom is 0.138 e. The highest BCUT2D eigenvalue weighted by Crippen LogP contribution is 2.39. The van der Waals surface area contributed by atoms with Gasteiger partial charge < -0.3 is 5.32 Å². The number of halogens is 1. The van der Waals surface area contributed by atoms with E-state index in [1.54, 1.807) is 11.3 Å². The smallest absolute Gasteiger partial charge is 0.138 e. The van der Waals surface area contributed by atoms with Crippen LogP contribution >= 0.6 is 22.9 Å². The summed E-state index contributed by atoms with van der Waals surface area (Å²) in [6.45, 7) is 1.94. The predicted molar refractivity (Wildman–Crippen MR) is 86.7 cm³/mol. The number of hydrogen-bond acceptors (Lipinski definition) is 5. The summed E-state index contributed by atoms with van der Waals surface area (Å²) in [6.07, 6.45) is 2.32. The van der Waals surface area contributed by atoms with Crippen molar-refractivity contribution >= 4 is 44.7 Å². The van der Waals surface area contributed by atoms with E-state index >= 15 is 0 Å². The van der Waals surface area contributed by atoms with E-state index in [1.807, 2.05) is 24.6 Å². The molecule has 0 amide bonds. The van der Waals surface area contributed by atoms with Crippen LogP contribution in [0, 0.1) is 6.92 Å². The molecule has 2 heterocycles. The number of thiazole rings is 1. The number of rotatable bonds is 3. The maximum absolute atomic E-state index is 6.24. The molecular weight excluding hydrogens is 304 g/mol. The fourth-order valence-electron chi connectivity index (χ4n) is 2.22. The number of nitrogens with one attached hydrogen (secondary N) is 1. The standard InChI is InChI=1S/C15H13ClN4S/c1-8-13(16)19-15(9-2-3-9)20-14(8)18-10-4-5-11-12(6-10)21-7-17-11/h4-7,9H,2-3H2,1H3,(H,18,19,20). The fourth-order valence-corrected chi connectivity index (χ4v) is 3.11. The van der Waals surface area contributed by atoms with Crippen molar-refractivity contribution in [2.24, 2.45) is 0 Å². The lowest BCUT2D eigenvalue weighted by Crippen LogP contribution is -2.03. The van der Waals surface area contributed by atoms with Gasteiger partial charge in [0, 0.05) is 17.2 Å². The molecule has 6 heteroatoms. The van der Waals surface area contributed by atoms with Crippen molar-refractivity contribution in [3.63, 3.8) is 0 Å². The first-order valence-corrected chi connectivity index (χ1v) is 8.11. The van der Waals surface area contributed by atoms with Crippen molar-refractivity contribution in [1.82, 2.24) is 15.0 Å². The Hall–Kier alpha value is -1.72. The molecule has 1 fully saturated rings. The highest BCUT2D eigenvalue weighted by atomic mass is 35.5. The van der Waals surface area contributed by atoms with E-state index < -0.39 is 0 Å². The number of aromatic nitrogens is 3. The lowest BCUT2D eigenvalue weighted by molar-refractivity contribution is 0.922. The minimum atomic E-state index is 0.479. The molecule has 4 nitrogen and oxygen atoms in total. The van der Waals surface area contributed by atoms with Gasteiger partial charge in [-0.25, -0.2) is 15.0 Å². The van der Waals surface area contributed by atoms with Crippen LogP contribution in [0.4, 0.5) is 11.5 Å². The van der Waals surface area contributed by atoms with Crippen LogP contribution in [0.1, 0.15) is 30.1 Å². The van der Waals surface area contributed by atoms with Crippen LogP contribution in [0.3, 0.4) is 0 Å². The van der Waals surface area contributed by atoms with E-state index in [0.29, 0.717) is 11.1 Å². The summed E-state index contributed by atoms with van der Waals surface area (Å²) in [7, 11) is 0. The van der Waals surface area contributed by atoms with Crippen molar-refractivity contribution in [2.45, 2.75) is 25.7 Å². The molecule has 0 atom stereocenters. The molecule has 1 aliphatic carbocycles. The molecule has 0 spiro atoms. The first-order chi connectivity index (χ1) is 10.2. The van der Waals surface area contributed by atoms with Crippen LogP contribution < -0.4 is 5.32 Å². The van der Waals surface area contributed by atoms with E-state index in [0.717, 1.165) is 46.0 Å². The molecule has 1 N–H and O–H groups in total. The van der Waals surface area contributed by atoms with Gasteiger partial charge in [0.05, 0.1) is 15.7 Å². The number of nitrogens with zero attached hydrogens (tertiary/aromatic N) is 3. The summed E-state index contributed by atoms with van der Waals surface area (Å²) in [4.78, 5) is 13.3. The third kappa shape index (κ3) is 2.47. The van der Waals surface area contributed by atoms with Crippen molar-refractivity contribution in [3.05, 3.63) is 40.3 Å². The van der Waals surface area contributed by atoms with Gasteiger partial charge in [-0.2, -0.15) is 0 Å². The van der Waals surface area contributed by atoms with Gasteiger partial charge in [0.15, 0.2) is 0 Å². The lowest BCUT2D eigenvalue weighted by atomic mass is 10.2. The number of benzene rings is 1. The van der Waals surface area contributed by atoms with Gasteiger partial charge in [-0.3, -0.25) is 0 Å². The monoisotopic (exact) mass is 316 g/mol. The lowest BCUT2D eigenvalue weighted by Gasteiger charge is -2.11. The number of anilines is 2. The van der Waals surface area contributed by atoms with Gasteiger partial charge in [0.25, 0.3) is 0 Å². The van der Waals surface area contributed by atoms with Crippen molar-refractivity contribution in [3.8, 4) is 0 Å². The second kappa shape index (κ2) is 4.93. The molecule has 106 valence electrons. The van der Waals surface area contributed by atoms with Crippen LogP contribution in [0.25, 0.3) is 10.2 Å². The third-order valence-corrected chi connectivity index (χ3v) is 4.80. The summed E-state index contributed by atoms with van der Waals surface area (Å²) in [5.74, 6) is 2.13. The topological polar surface area (TPSA) is 50.7 Å². The number of hydrogen-bond donors (Lipinski definition) is 1. The Balaban J connectivity index is 1.72. The molecule has 0 radical (unpaired) electrons. The Morgan fingerprint density at radius 2 is 2.14 bits per heavy atom. The Bertz CT molecular complexity index is 826. The molecule has 1 aliphatic rings. The van der Waals surface area contributed by atoms with E-state index in [2.05, 4.69) is 26.3 Å². The van der Waals surface area contributed by atoms with Crippen LogP contribution in [0.2, 0.25) is 5.15 Å². The second-order valence-corrected chi connectivity index (χ2v) is 6.52. The van der Waals surface area contributed by atoms with Gasteiger partial charge >= 0.3 is 0 Å². The van der Waals surface area contributed by atoms with E-state index in [1.165, 1.54) is 0 Å². The van der Waals surface area contributed by atoms with Crippen molar-refractivity contribution in [1.29, 1.82) is 0 Å². The van der Waals surface area contributed by atoms with Gasteiger partial charge in [-0.1, -0.05) is 11.6 Å². The van der Waals surface area contributed by atoms with E-state index in [9.17, 15) is 0 Å². The summed E-state index contributed by atoms with van der Waals surface area (Å²) in [5, 5.41) is 3.90. The predicted octanol–water partition coefficient (Wildman–Crippen LogP) is 4.67. The average Bonchev–Trinajstić information content (AvgIpc) is 3.22. The zero-order valence-corrected chi connectivity index (χ0v) is 13.0. The van der Waals surface area contributed by atoms with Crippen molar-refractivity contribution < 1.29 is 0 Å². The molecular formula is C15H13ClN4S. The number of fused-ring (bicyclic) bond motifs is 1. The molecule has 0 aliphatic heterocycles. The van der Waals surface area contributed by atoms with Gasteiger partial charge in [0.2, 0.25) is 0 Å². The molecule has 3 aromatic rings. The normalized spacial score (nSPS) is 14.6. The highest BCUT2D eigenvalue weighted by molar-refractivity contribution is 7.16. The molecule has 1 saturated carbocycles.